The summed E-state index contributed by atoms with van der Waals surface area (Å²) >= 11 is 0. The van der Waals surface area contributed by atoms with Crippen LogP contribution in [-0.4, -0.2) is 31.8 Å². The van der Waals surface area contributed by atoms with Crippen LogP contribution in [0.5, 0.6) is 5.75 Å². The van der Waals surface area contributed by atoms with Crippen molar-refractivity contribution in [2.75, 3.05) is 13.7 Å². The van der Waals surface area contributed by atoms with Crippen LogP contribution in [0.15, 0.2) is 24.3 Å². The Bertz CT molecular complexity index is 406. The molecule has 23 heavy (non-hydrogen) atoms. The Balaban J connectivity index is 0. The third-order valence-electron chi connectivity index (χ3n) is 4.12. The van der Waals surface area contributed by atoms with Crippen molar-refractivity contribution < 1.29 is 4.74 Å². The van der Waals surface area contributed by atoms with E-state index >= 15 is 0 Å². The SMILES string of the molecule is COc1ccc(CC(N)CNC2CCCCC2N)cc1.Cl.Cl.Cl. The lowest BCUT2D eigenvalue weighted by molar-refractivity contribution is 0.321. The standard InChI is InChI=1S/C16H27N3O.3ClH/c1-20-14-8-6-12(7-9-14)10-13(17)11-19-16-5-3-2-4-15(16)18;;;/h6-9,13,15-16,19H,2-5,10-11,17-18H2,1H3;3*1H. The molecule has 1 aromatic rings. The predicted molar refractivity (Wildman–Crippen MR) is 105 cm³/mol. The molecule has 1 aromatic carbocycles. The molecule has 1 aliphatic rings. The highest BCUT2D eigenvalue weighted by molar-refractivity contribution is 5.86. The molecule has 0 amide bonds. The minimum absolute atomic E-state index is 0. The first kappa shape index (κ1) is 25.0. The molecule has 0 bridgehead atoms. The van der Waals surface area contributed by atoms with Gasteiger partial charge in [-0.15, -0.1) is 37.2 Å². The fourth-order valence-corrected chi connectivity index (χ4v) is 2.85. The first-order chi connectivity index (χ1) is 9.69. The third-order valence-corrected chi connectivity index (χ3v) is 4.12. The fraction of sp³-hybridized carbons (Fsp3) is 0.625. The third kappa shape index (κ3) is 8.43. The summed E-state index contributed by atoms with van der Waals surface area (Å²) in [6.07, 6.45) is 5.72. The van der Waals surface area contributed by atoms with E-state index in [4.69, 9.17) is 16.2 Å². The van der Waals surface area contributed by atoms with E-state index in [1.165, 1.54) is 24.8 Å². The number of nitrogens with two attached hydrogens (primary N) is 2. The Kier molecular flexibility index (Phi) is 14.3. The van der Waals surface area contributed by atoms with Crippen LogP contribution < -0.4 is 21.5 Å². The lowest BCUT2D eigenvalue weighted by Crippen LogP contribution is -2.50. The van der Waals surface area contributed by atoms with E-state index in [0.29, 0.717) is 6.04 Å². The smallest absolute Gasteiger partial charge is 0.118 e. The molecule has 0 spiro atoms. The normalized spacial score (nSPS) is 21.2. The number of hydrogen-bond acceptors (Lipinski definition) is 4. The Morgan fingerprint density at radius 2 is 1.74 bits per heavy atom. The van der Waals surface area contributed by atoms with Crippen LogP contribution >= 0.6 is 37.2 Å². The van der Waals surface area contributed by atoms with Crippen LogP contribution in [0.25, 0.3) is 0 Å². The van der Waals surface area contributed by atoms with Crippen molar-refractivity contribution in [3.8, 4) is 5.75 Å². The van der Waals surface area contributed by atoms with E-state index in [9.17, 15) is 0 Å². The molecular weight excluding hydrogens is 357 g/mol. The van der Waals surface area contributed by atoms with E-state index in [1.54, 1.807) is 7.11 Å². The molecule has 0 saturated heterocycles. The van der Waals surface area contributed by atoms with Gasteiger partial charge in [-0.1, -0.05) is 25.0 Å². The largest absolute Gasteiger partial charge is 0.497 e. The average molecular weight is 387 g/mol. The monoisotopic (exact) mass is 385 g/mol. The van der Waals surface area contributed by atoms with Gasteiger partial charge in [-0.05, 0) is 37.0 Å². The Morgan fingerprint density at radius 1 is 1.13 bits per heavy atom. The van der Waals surface area contributed by atoms with Gasteiger partial charge in [0.25, 0.3) is 0 Å². The summed E-state index contributed by atoms with van der Waals surface area (Å²) < 4.78 is 5.16. The van der Waals surface area contributed by atoms with Gasteiger partial charge < -0.3 is 21.5 Å². The van der Waals surface area contributed by atoms with Crippen LogP contribution in [0.4, 0.5) is 0 Å². The Labute approximate surface area is 158 Å². The summed E-state index contributed by atoms with van der Waals surface area (Å²) in [5, 5.41) is 3.54. The lowest BCUT2D eigenvalue weighted by atomic mass is 9.91. The van der Waals surface area contributed by atoms with Gasteiger partial charge in [0.1, 0.15) is 5.75 Å². The van der Waals surface area contributed by atoms with Crippen LogP contribution in [-0.2, 0) is 6.42 Å². The van der Waals surface area contributed by atoms with Crippen molar-refractivity contribution in [3.05, 3.63) is 29.8 Å². The number of methoxy groups -OCH3 is 1. The maximum atomic E-state index is 6.20. The summed E-state index contributed by atoms with van der Waals surface area (Å²) in [6, 6.07) is 8.95. The zero-order chi connectivity index (χ0) is 14.4. The summed E-state index contributed by atoms with van der Waals surface area (Å²) in [6.45, 7) is 0.824. The van der Waals surface area contributed by atoms with Crippen LogP contribution in [0.2, 0.25) is 0 Å². The minimum Gasteiger partial charge on any atom is -0.497 e. The van der Waals surface area contributed by atoms with Crippen molar-refractivity contribution in [2.24, 2.45) is 11.5 Å². The topological polar surface area (TPSA) is 73.3 Å². The van der Waals surface area contributed by atoms with Gasteiger partial charge >= 0.3 is 0 Å². The second-order valence-electron chi connectivity index (χ2n) is 5.78. The van der Waals surface area contributed by atoms with Crippen LogP contribution in [0.3, 0.4) is 0 Å². The van der Waals surface area contributed by atoms with Crippen molar-refractivity contribution in [1.82, 2.24) is 5.32 Å². The number of rotatable bonds is 6. The predicted octanol–water partition coefficient (Wildman–Crippen LogP) is 2.69. The van der Waals surface area contributed by atoms with E-state index in [2.05, 4.69) is 17.4 Å². The summed E-state index contributed by atoms with van der Waals surface area (Å²) in [5.41, 5.74) is 13.6. The zero-order valence-corrected chi connectivity index (χ0v) is 16.0. The first-order valence-electron chi connectivity index (χ1n) is 7.56. The lowest BCUT2D eigenvalue weighted by Gasteiger charge is -2.30. The summed E-state index contributed by atoms with van der Waals surface area (Å²) in [5.74, 6) is 0.883. The van der Waals surface area contributed by atoms with Gasteiger partial charge in [-0.3, -0.25) is 0 Å². The molecule has 7 heteroatoms. The van der Waals surface area contributed by atoms with E-state index < -0.39 is 0 Å². The molecule has 3 atom stereocenters. The van der Waals surface area contributed by atoms with E-state index in [0.717, 1.165) is 25.1 Å². The molecule has 2 rings (SSSR count). The molecule has 0 aromatic heterocycles. The molecule has 0 aliphatic heterocycles. The first-order valence-corrected chi connectivity index (χ1v) is 7.56. The zero-order valence-electron chi connectivity index (χ0n) is 13.6. The molecule has 1 aliphatic carbocycles. The summed E-state index contributed by atoms with van der Waals surface area (Å²) in [7, 11) is 1.68. The van der Waals surface area contributed by atoms with Gasteiger partial charge in [0.15, 0.2) is 0 Å². The van der Waals surface area contributed by atoms with Crippen molar-refractivity contribution >= 4 is 37.2 Å². The molecule has 0 heterocycles. The van der Waals surface area contributed by atoms with E-state index in [1.807, 2.05) is 12.1 Å². The summed E-state index contributed by atoms with van der Waals surface area (Å²) in [4.78, 5) is 0. The second kappa shape index (κ2) is 13.1. The van der Waals surface area contributed by atoms with Gasteiger partial charge in [-0.25, -0.2) is 0 Å². The highest BCUT2D eigenvalue weighted by Crippen LogP contribution is 2.17. The quantitative estimate of drug-likeness (QED) is 0.703. The highest BCUT2D eigenvalue weighted by atomic mass is 35.5. The van der Waals surface area contributed by atoms with Gasteiger partial charge in [0.2, 0.25) is 0 Å². The van der Waals surface area contributed by atoms with Crippen molar-refractivity contribution in [1.29, 1.82) is 0 Å². The van der Waals surface area contributed by atoms with Crippen molar-refractivity contribution in [2.45, 2.75) is 50.2 Å². The minimum atomic E-state index is 0. The maximum absolute atomic E-state index is 6.20. The Hall–Kier alpha value is -0.230. The second-order valence-corrected chi connectivity index (χ2v) is 5.78. The molecule has 4 nitrogen and oxygen atoms in total. The molecule has 1 fully saturated rings. The Morgan fingerprint density at radius 3 is 2.30 bits per heavy atom. The molecular formula is C16H30Cl3N3O. The number of hydrogen-bond donors (Lipinski definition) is 3. The molecule has 136 valence electrons. The van der Waals surface area contributed by atoms with Gasteiger partial charge in [0.05, 0.1) is 7.11 Å². The van der Waals surface area contributed by atoms with Crippen LogP contribution in [0.1, 0.15) is 31.2 Å². The van der Waals surface area contributed by atoms with Gasteiger partial charge in [-0.2, -0.15) is 0 Å². The number of nitrogens with one attached hydrogen (secondary N) is 1. The highest BCUT2D eigenvalue weighted by Gasteiger charge is 2.21. The molecule has 1 saturated carbocycles. The van der Waals surface area contributed by atoms with Crippen LogP contribution in [0, 0.1) is 0 Å². The number of halogens is 3. The average Bonchev–Trinajstić information content (AvgIpc) is 2.47. The number of ether oxygens (including phenoxy) is 1. The fourth-order valence-electron chi connectivity index (χ4n) is 2.85. The van der Waals surface area contributed by atoms with Gasteiger partial charge in [0, 0.05) is 24.7 Å². The molecule has 5 N–H and O–H groups in total. The number of benzene rings is 1. The maximum Gasteiger partial charge on any atom is 0.118 e. The van der Waals surface area contributed by atoms with Crippen molar-refractivity contribution in [3.63, 3.8) is 0 Å². The molecule has 3 unspecified atom stereocenters. The van der Waals surface area contributed by atoms with E-state index in [-0.39, 0.29) is 49.3 Å². The molecule has 0 radical (unpaired) electrons.